The SMILES string of the molecule is CC(C)(C)c1ccc2c(c1)C[C@@H](CNC(=O)c1ccccc1)O2. The van der Waals surface area contributed by atoms with E-state index in [2.05, 4.69) is 44.3 Å². The Morgan fingerprint density at radius 1 is 1.17 bits per heavy atom. The molecular weight excluding hydrogens is 286 g/mol. The fraction of sp³-hybridized carbons (Fsp3) is 0.350. The Bertz CT molecular complexity index is 701. The van der Waals surface area contributed by atoms with Crippen molar-refractivity contribution in [1.82, 2.24) is 5.32 Å². The lowest BCUT2D eigenvalue weighted by Gasteiger charge is -2.19. The maximum atomic E-state index is 12.1. The van der Waals surface area contributed by atoms with Gasteiger partial charge in [0, 0.05) is 12.0 Å². The summed E-state index contributed by atoms with van der Waals surface area (Å²) in [5.41, 5.74) is 3.36. The minimum absolute atomic E-state index is 0.00730. The highest BCUT2D eigenvalue weighted by Crippen LogP contribution is 2.33. The number of hydrogen-bond donors (Lipinski definition) is 1. The average molecular weight is 309 g/mol. The molecule has 0 saturated carbocycles. The van der Waals surface area contributed by atoms with Crippen LogP contribution in [0.1, 0.15) is 42.3 Å². The molecule has 0 aliphatic carbocycles. The van der Waals surface area contributed by atoms with Gasteiger partial charge in [0.2, 0.25) is 0 Å². The molecule has 1 aliphatic heterocycles. The van der Waals surface area contributed by atoms with E-state index >= 15 is 0 Å². The highest BCUT2D eigenvalue weighted by atomic mass is 16.5. The van der Waals surface area contributed by atoms with Gasteiger partial charge in [-0.2, -0.15) is 0 Å². The first kappa shape index (κ1) is 15.6. The Labute approximate surface area is 137 Å². The summed E-state index contributed by atoms with van der Waals surface area (Å²) in [6.45, 7) is 7.15. The topological polar surface area (TPSA) is 38.3 Å². The molecule has 3 rings (SSSR count). The van der Waals surface area contributed by atoms with Crippen LogP contribution in [0.5, 0.6) is 5.75 Å². The van der Waals surface area contributed by atoms with Gasteiger partial charge in [0.25, 0.3) is 5.91 Å². The van der Waals surface area contributed by atoms with E-state index in [9.17, 15) is 4.79 Å². The van der Waals surface area contributed by atoms with Gasteiger partial charge in [-0.15, -0.1) is 0 Å². The molecule has 1 aliphatic rings. The summed E-state index contributed by atoms with van der Waals surface area (Å²) in [5.74, 6) is 0.887. The molecule has 2 aromatic rings. The molecule has 3 heteroatoms. The summed E-state index contributed by atoms with van der Waals surface area (Å²) in [6, 6.07) is 15.7. The first-order chi connectivity index (χ1) is 10.9. The molecule has 0 spiro atoms. The lowest BCUT2D eigenvalue weighted by molar-refractivity contribution is 0.0933. The normalized spacial score (nSPS) is 16.6. The fourth-order valence-corrected chi connectivity index (χ4v) is 2.80. The van der Waals surface area contributed by atoms with Gasteiger partial charge < -0.3 is 10.1 Å². The van der Waals surface area contributed by atoms with Crippen molar-refractivity contribution in [2.45, 2.75) is 38.7 Å². The zero-order valence-electron chi connectivity index (χ0n) is 13.9. The van der Waals surface area contributed by atoms with Crippen molar-refractivity contribution in [3.05, 3.63) is 65.2 Å². The summed E-state index contributed by atoms with van der Waals surface area (Å²) >= 11 is 0. The van der Waals surface area contributed by atoms with Crippen LogP contribution in [-0.4, -0.2) is 18.6 Å². The Morgan fingerprint density at radius 2 is 1.91 bits per heavy atom. The van der Waals surface area contributed by atoms with E-state index in [0.29, 0.717) is 12.1 Å². The maximum Gasteiger partial charge on any atom is 0.251 e. The van der Waals surface area contributed by atoms with Gasteiger partial charge in [-0.3, -0.25) is 4.79 Å². The third kappa shape index (κ3) is 3.55. The van der Waals surface area contributed by atoms with Gasteiger partial charge in [-0.1, -0.05) is 51.1 Å². The highest BCUT2D eigenvalue weighted by Gasteiger charge is 2.25. The van der Waals surface area contributed by atoms with Crippen LogP contribution in [0.3, 0.4) is 0 Å². The Kier molecular flexibility index (Phi) is 4.12. The molecular formula is C20H23NO2. The average Bonchev–Trinajstić information content (AvgIpc) is 2.94. The largest absolute Gasteiger partial charge is 0.488 e. The van der Waals surface area contributed by atoms with Gasteiger partial charge in [0.15, 0.2) is 0 Å². The van der Waals surface area contributed by atoms with E-state index in [1.807, 2.05) is 30.3 Å². The van der Waals surface area contributed by atoms with Crippen LogP contribution >= 0.6 is 0 Å². The quantitative estimate of drug-likeness (QED) is 0.938. The standard InChI is InChI=1S/C20H23NO2/c1-20(2,3)16-9-10-18-15(11-16)12-17(23-18)13-21-19(22)14-7-5-4-6-8-14/h4-11,17H,12-13H2,1-3H3,(H,21,22)/t17-/m0/s1. The first-order valence-electron chi connectivity index (χ1n) is 8.07. The lowest BCUT2D eigenvalue weighted by atomic mass is 9.86. The Hall–Kier alpha value is -2.29. The first-order valence-corrected chi connectivity index (χ1v) is 8.07. The lowest BCUT2D eigenvalue weighted by Crippen LogP contribution is -2.34. The molecule has 0 fully saturated rings. The molecule has 1 heterocycles. The van der Waals surface area contributed by atoms with E-state index in [4.69, 9.17) is 4.74 Å². The molecule has 1 N–H and O–H groups in total. The third-order valence-corrected chi connectivity index (χ3v) is 4.19. The molecule has 1 atom stereocenters. The molecule has 3 nitrogen and oxygen atoms in total. The monoisotopic (exact) mass is 309 g/mol. The minimum Gasteiger partial charge on any atom is -0.488 e. The zero-order valence-corrected chi connectivity index (χ0v) is 13.9. The highest BCUT2D eigenvalue weighted by molar-refractivity contribution is 5.94. The number of amides is 1. The summed E-state index contributed by atoms with van der Waals surface area (Å²) in [7, 11) is 0. The molecule has 23 heavy (non-hydrogen) atoms. The molecule has 2 aromatic carbocycles. The van der Waals surface area contributed by atoms with E-state index < -0.39 is 0 Å². The van der Waals surface area contributed by atoms with Crippen molar-refractivity contribution in [3.8, 4) is 5.75 Å². The van der Waals surface area contributed by atoms with Crippen LogP contribution < -0.4 is 10.1 Å². The van der Waals surface area contributed by atoms with Gasteiger partial charge in [0.1, 0.15) is 11.9 Å². The second kappa shape index (κ2) is 6.07. The molecule has 1 amide bonds. The van der Waals surface area contributed by atoms with E-state index in [1.54, 1.807) is 0 Å². The van der Waals surface area contributed by atoms with Crippen molar-refractivity contribution in [2.24, 2.45) is 0 Å². The maximum absolute atomic E-state index is 12.1. The van der Waals surface area contributed by atoms with Crippen LogP contribution in [0.25, 0.3) is 0 Å². The number of nitrogens with one attached hydrogen (secondary N) is 1. The second-order valence-electron chi connectivity index (χ2n) is 7.09. The van der Waals surface area contributed by atoms with Crippen LogP contribution in [0, 0.1) is 0 Å². The number of fused-ring (bicyclic) bond motifs is 1. The number of carbonyl (C=O) groups excluding carboxylic acids is 1. The zero-order chi connectivity index (χ0) is 16.4. The second-order valence-corrected chi connectivity index (χ2v) is 7.09. The van der Waals surface area contributed by atoms with Crippen LogP contribution in [0.4, 0.5) is 0 Å². The van der Waals surface area contributed by atoms with Gasteiger partial charge in [-0.05, 0) is 34.7 Å². The fourth-order valence-electron chi connectivity index (χ4n) is 2.80. The van der Waals surface area contributed by atoms with E-state index in [1.165, 1.54) is 11.1 Å². The molecule has 0 bridgehead atoms. The van der Waals surface area contributed by atoms with Gasteiger partial charge >= 0.3 is 0 Å². The molecule has 0 radical (unpaired) electrons. The van der Waals surface area contributed by atoms with Crippen LogP contribution in [-0.2, 0) is 11.8 Å². The van der Waals surface area contributed by atoms with Crippen molar-refractivity contribution < 1.29 is 9.53 Å². The van der Waals surface area contributed by atoms with Crippen LogP contribution in [0.2, 0.25) is 0 Å². The smallest absolute Gasteiger partial charge is 0.251 e. The number of hydrogen-bond acceptors (Lipinski definition) is 2. The number of ether oxygens (including phenoxy) is 1. The van der Waals surface area contributed by atoms with Gasteiger partial charge in [-0.25, -0.2) is 0 Å². The Balaban J connectivity index is 1.61. The van der Waals surface area contributed by atoms with Gasteiger partial charge in [0.05, 0.1) is 6.54 Å². The molecule has 0 saturated heterocycles. The third-order valence-electron chi connectivity index (χ3n) is 4.19. The van der Waals surface area contributed by atoms with Crippen molar-refractivity contribution in [1.29, 1.82) is 0 Å². The molecule has 0 aromatic heterocycles. The predicted molar refractivity (Wildman–Crippen MR) is 92.0 cm³/mol. The summed E-state index contributed by atoms with van der Waals surface area (Å²) < 4.78 is 5.95. The summed E-state index contributed by atoms with van der Waals surface area (Å²) in [5, 5.41) is 2.96. The van der Waals surface area contributed by atoms with E-state index in [-0.39, 0.29) is 17.4 Å². The summed E-state index contributed by atoms with van der Waals surface area (Å²) in [6.07, 6.45) is 0.849. The van der Waals surface area contributed by atoms with Crippen molar-refractivity contribution >= 4 is 5.91 Å². The van der Waals surface area contributed by atoms with Crippen molar-refractivity contribution in [3.63, 3.8) is 0 Å². The Morgan fingerprint density at radius 3 is 2.61 bits per heavy atom. The number of carbonyl (C=O) groups is 1. The minimum atomic E-state index is -0.0551. The predicted octanol–water partition coefficient (Wildman–Crippen LogP) is 3.72. The molecule has 0 unspecified atom stereocenters. The molecule has 120 valence electrons. The number of rotatable bonds is 3. The van der Waals surface area contributed by atoms with Crippen molar-refractivity contribution in [2.75, 3.05) is 6.54 Å². The summed E-state index contributed by atoms with van der Waals surface area (Å²) in [4.78, 5) is 12.1. The van der Waals surface area contributed by atoms with Crippen LogP contribution in [0.15, 0.2) is 48.5 Å². The van der Waals surface area contributed by atoms with E-state index in [0.717, 1.165) is 12.2 Å². The number of benzene rings is 2.